The Hall–Kier alpha value is 0.310. The zero-order chi connectivity index (χ0) is 10.2. The second-order valence-corrected chi connectivity index (χ2v) is 5.49. The van der Waals surface area contributed by atoms with Crippen LogP contribution in [0.4, 0.5) is 0 Å². The molecule has 1 aliphatic heterocycles. The van der Waals surface area contributed by atoms with Crippen molar-refractivity contribution in [3.8, 4) is 0 Å². The first-order valence-electron chi connectivity index (χ1n) is 5.69. The van der Waals surface area contributed by atoms with Crippen LogP contribution >= 0.6 is 23.4 Å². The first-order valence-corrected chi connectivity index (χ1v) is 7.05. The lowest BCUT2D eigenvalue weighted by molar-refractivity contribution is 0.560. The Morgan fingerprint density at radius 1 is 1.29 bits per heavy atom. The van der Waals surface area contributed by atoms with Crippen LogP contribution in [0.3, 0.4) is 0 Å². The second kappa shape index (κ2) is 7.58. The minimum atomic E-state index is 0.513. The summed E-state index contributed by atoms with van der Waals surface area (Å²) in [4.78, 5) is 4.37. The third kappa shape index (κ3) is 5.26. The Labute approximate surface area is 96.7 Å². The van der Waals surface area contributed by atoms with Gasteiger partial charge in [-0.25, -0.2) is 0 Å². The number of unbranched alkanes of at least 4 members (excludes halogenated alkanes) is 5. The van der Waals surface area contributed by atoms with E-state index in [1.807, 2.05) is 0 Å². The lowest BCUT2D eigenvalue weighted by Crippen LogP contribution is -2.02. The molecule has 0 radical (unpaired) electrons. The lowest BCUT2D eigenvalue weighted by atomic mass is 10.1. The highest BCUT2D eigenvalue weighted by Gasteiger charge is 2.15. The molecular formula is C11H20ClNS. The number of hydrogen-bond donors (Lipinski definition) is 0. The minimum absolute atomic E-state index is 0.513. The summed E-state index contributed by atoms with van der Waals surface area (Å²) in [6.07, 6.45) is 9.44. The molecule has 1 rings (SSSR count). The highest BCUT2D eigenvalue weighted by Crippen LogP contribution is 2.24. The van der Waals surface area contributed by atoms with Crippen molar-refractivity contribution in [2.45, 2.75) is 57.9 Å². The summed E-state index contributed by atoms with van der Waals surface area (Å²) in [5.41, 5.74) is 0. The van der Waals surface area contributed by atoms with Crippen LogP contribution in [0.1, 0.15) is 51.9 Å². The Balaban J connectivity index is 1.89. The molecule has 1 unspecified atom stereocenters. The zero-order valence-corrected chi connectivity index (χ0v) is 10.5. The van der Waals surface area contributed by atoms with Crippen molar-refractivity contribution in [3.63, 3.8) is 0 Å². The van der Waals surface area contributed by atoms with Crippen LogP contribution in [-0.4, -0.2) is 16.3 Å². The number of halogens is 1. The van der Waals surface area contributed by atoms with Gasteiger partial charge >= 0.3 is 0 Å². The van der Waals surface area contributed by atoms with Gasteiger partial charge in [-0.1, -0.05) is 68.8 Å². The van der Waals surface area contributed by atoms with E-state index in [1.165, 1.54) is 44.9 Å². The zero-order valence-electron chi connectivity index (χ0n) is 8.97. The van der Waals surface area contributed by atoms with E-state index in [0.29, 0.717) is 6.04 Å². The molecule has 0 saturated heterocycles. The first kappa shape index (κ1) is 12.4. The molecule has 0 saturated carbocycles. The van der Waals surface area contributed by atoms with Crippen LogP contribution in [0.2, 0.25) is 0 Å². The molecule has 1 atom stereocenters. The Morgan fingerprint density at radius 3 is 2.64 bits per heavy atom. The molecule has 3 heteroatoms. The van der Waals surface area contributed by atoms with Gasteiger partial charge in [0, 0.05) is 5.75 Å². The molecule has 14 heavy (non-hydrogen) atoms. The van der Waals surface area contributed by atoms with E-state index >= 15 is 0 Å². The normalized spacial score (nSPS) is 21.3. The van der Waals surface area contributed by atoms with E-state index in [1.54, 1.807) is 11.8 Å². The quantitative estimate of drug-likeness (QED) is 0.592. The van der Waals surface area contributed by atoms with Gasteiger partial charge in [0.05, 0.1) is 6.04 Å². The van der Waals surface area contributed by atoms with Crippen molar-refractivity contribution in [2.75, 3.05) is 5.75 Å². The number of thioether (sulfide) groups is 1. The molecule has 1 aliphatic rings. The summed E-state index contributed by atoms with van der Waals surface area (Å²) in [6.45, 7) is 2.26. The van der Waals surface area contributed by atoms with Crippen molar-refractivity contribution < 1.29 is 0 Å². The van der Waals surface area contributed by atoms with Crippen molar-refractivity contribution in [1.82, 2.24) is 0 Å². The van der Waals surface area contributed by atoms with Crippen LogP contribution in [0, 0.1) is 0 Å². The van der Waals surface area contributed by atoms with Gasteiger partial charge in [-0.15, -0.1) is 0 Å². The number of rotatable bonds is 7. The Bertz CT molecular complexity index is 182. The van der Waals surface area contributed by atoms with Crippen LogP contribution in [0.15, 0.2) is 4.99 Å². The topological polar surface area (TPSA) is 12.4 Å². The molecule has 0 aromatic carbocycles. The molecule has 0 spiro atoms. The van der Waals surface area contributed by atoms with Crippen molar-refractivity contribution in [2.24, 2.45) is 4.99 Å². The summed E-state index contributed by atoms with van der Waals surface area (Å²) in [7, 11) is 0. The van der Waals surface area contributed by atoms with Gasteiger partial charge in [0.1, 0.15) is 0 Å². The van der Waals surface area contributed by atoms with Crippen LogP contribution in [0.5, 0.6) is 0 Å². The number of nitrogens with zero attached hydrogens (tertiary/aromatic N) is 1. The minimum Gasteiger partial charge on any atom is -0.263 e. The highest BCUT2D eigenvalue weighted by molar-refractivity contribution is 8.17. The van der Waals surface area contributed by atoms with Gasteiger partial charge in [-0.05, 0) is 6.42 Å². The molecule has 1 heterocycles. The standard InChI is InChI=1S/C11H20ClNS/c1-2-3-4-5-6-7-8-10-9-14-11(12)13-10/h10H,2-9H2,1H3. The maximum absolute atomic E-state index is 5.80. The van der Waals surface area contributed by atoms with Gasteiger partial charge in [-0.2, -0.15) is 0 Å². The van der Waals surface area contributed by atoms with Crippen LogP contribution in [0.25, 0.3) is 0 Å². The lowest BCUT2D eigenvalue weighted by Gasteiger charge is -2.04. The van der Waals surface area contributed by atoms with Crippen LogP contribution < -0.4 is 0 Å². The Morgan fingerprint density at radius 2 is 2.00 bits per heavy atom. The maximum Gasteiger partial charge on any atom is 0.158 e. The average molecular weight is 234 g/mol. The highest BCUT2D eigenvalue weighted by atomic mass is 35.5. The van der Waals surface area contributed by atoms with Gasteiger partial charge < -0.3 is 0 Å². The van der Waals surface area contributed by atoms with E-state index in [0.717, 1.165) is 10.3 Å². The molecule has 1 nitrogen and oxygen atoms in total. The van der Waals surface area contributed by atoms with Gasteiger partial charge in [0.25, 0.3) is 0 Å². The Kier molecular flexibility index (Phi) is 6.70. The summed E-state index contributed by atoms with van der Waals surface area (Å²) in [5.74, 6) is 1.10. The summed E-state index contributed by atoms with van der Waals surface area (Å²) >= 11 is 7.49. The van der Waals surface area contributed by atoms with E-state index < -0.39 is 0 Å². The molecule has 0 bridgehead atoms. The predicted molar refractivity (Wildman–Crippen MR) is 67.5 cm³/mol. The van der Waals surface area contributed by atoms with Crippen molar-refractivity contribution in [1.29, 1.82) is 0 Å². The van der Waals surface area contributed by atoms with E-state index in [-0.39, 0.29) is 0 Å². The fourth-order valence-electron chi connectivity index (χ4n) is 1.69. The molecule has 82 valence electrons. The largest absolute Gasteiger partial charge is 0.263 e. The maximum atomic E-state index is 5.80. The third-order valence-electron chi connectivity index (χ3n) is 2.57. The predicted octanol–water partition coefficient (Wildman–Crippen LogP) is 4.45. The third-order valence-corrected chi connectivity index (χ3v) is 3.89. The van der Waals surface area contributed by atoms with Crippen molar-refractivity contribution in [3.05, 3.63) is 0 Å². The summed E-state index contributed by atoms with van der Waals surface area (Å²) < 4.78 is 0.765. The SMILES string of the molecule is CCCCCCCCC1CSC(Cl)=N1. The summed E-state index contributed by atoms with van der Waals surface area (Å²) in [5, 5.41) is 0. The second-order valence-electron chi connectivity index (χ2n) is 3.90. The van der Waals surface area contributed by atoms with Crippen LogP contribution in [-0.2, 0) is 0 Å². The monoisotopic (exact) mass is 233 g/mol. The van der Waals surface area contributed by atoms with Crippen molar-refractivity contribution >= 4 is 27.9 Å². The first-order chi connectivity index (χ1) is 6.83. The molecule has 0 fully saturated rings. The molecule has 0 aromatic heterocycles. The van der Waals surface area contributed by atoms with E-state index in [2.05, 4.69) is 11.9 Å². The van der Waals surface area contributed by atoms with Gasteiger partial charge in [0.2, 0.25) is 0 Å². The fraction of sp³-hybridized carbons (Fsp3) is 0.909. The molecule has 0 N–H and O–H groups in total. The summed E-state index contributed by atoms with van der Waals surface area (Å²) in [6, 6.07) is 0.513. The molecule has 0 aliphatic carbocycles. The number of aliphatic imine (C=N–C) groups is 1. The smallest absolute Gasteiger partial charge is 0.158 e. The molecule has 0 aromatic rings. The number of hydrogen-bond acceptors (Lipinski definition) is 2. The molecule has 0 amide bonds. The molecular weight excluding hydrogens is 214 g/mol. The van der Waals surface area contributed by atoms with Gasteiger partial charge in [-0.3, -0.25) is 4.99 Å². The fourth-order valence-corrected chi connectivity index (χ4v) is 2.81. The average Bonchev–Trinajstić information content (AvgIpc) is 2.58. The van der Waals surface area contributed by atoms with Gasteiger partial charge in [0.15, 0.2) is 4.50 Å². The van der Waals surface area contributed by atoms with E-state index in [4.69, 9.17) is 11.6 Å². The van der Waals surface area contributed by atoms with E-state index in [9.17, 15) is 0 Å².